The van der Waals surface area contributed by atoms with E-state index in [1.807, 2.05) is 0 Å². The zero-order valence-corrected chi connectivity index (χ0v) is 12.1. The third kappa shape index (κ3) is 3.20. The summed E-state index contributed by atoms with van der Waals surface area (Å²) in [5, 5.41) is 0.229. The molecule has 0 aliphatic carbocycles. The van der Waals surface area contributed by atoms with Crippen LogP contribution in [-0.4, -0.2) is 8.42 Å². The van der Waals surface area contributed by atoms with Crippen LogP contribution in [-0.2, 0) is 10.0 Å². The zero-order chi connectivity index (χ0) is 14.9. The lowest BCUT2D eigenvalue weighted by Gasteiger charge is -2.10. The molecule has 0 bridgehead atoms. The highest BCUT2D eigenvalue weighted by Gasteiger charge is 2.17. The Morgan fingerprint density at radius 2 is 1.90 bits per heavy atom. The number of benzene rings is 2. The third-order valence-electron chi connectivity index (χ3n) is 2.56. The van der Waals surface area contributed by atoms with E-state index in [9.17, 15) is 12.8 Å². The minimum atomic E-state index is -3.93. The fraction of sp³-hybridized carbons (Fsp3) is 0.0769. The summed E-state index contributed by atoms with van der Waals surface area (Å²) in [6, 6.07) is 8.01. The minimum absolute atomic E-state index is 0.0330. The van der Waals surface area contributed by atoms with Crippen LogP contribution in [0, 0.1) is 12.7 Å². The predicted molar refractivity (Wildman–Crippen MR) is 77.8 cm³/mol. The van der Waals surface area contributed by atoms with Crippen LogP contribution in [0.25, 0.3) is 0 Å². The van der Waals surface area contributed by atoms with Gasteiger partial charge in [-0.15, -0.1) is 0 Å². The normalized spacial score (nSPS) is 11.3. The van der Waals surface area contributed by atoms with Gasteiger partial charge in [0, 0.05) is 10.7 Å². The molecule has 2 rings (SSSR count). The van der Waals surface area contributed by atoms with Crippen molar-refractivity contribution < 1.29 is 12.8 Å². The Bertz CT molecular complexity index is 743. The number of aryl methyl sites for hydroxylation is 1. The van der Waals surface area contributed by atoms with Crippen molar-refractivity contribution in [3.8, 4) is 0 Å². The summed E-state index contributed by atoms with van der Waals surface area (Å²) in [5.74, 6) is -0.710. The second-order valence-electron chi connectivity index (χ2n) is 4.31. The van der Waals surface area contributed by atoms with Crippen LogP contribution in [0.15, 0.2) is 41.3 Å². The van der Waals surface area contributed by atoms with Gasteiger partial charge in [0.05, 0.1) is 10.6 Å². The molecule has 0 aliphatic rings. The molecule has 20 heavy (non-hydrogen) atoms. The van der Waals surface area contributed by atoms with E-state index < -0.39 is 15.8 Å². The van der Waals surface area contributed by atoms with Gasteiger partial charge in [-0.2, -0.15) is 0 Å². The summed E-state index contributed by atoms with van der Waals surface area (Å²) in [6.45, 7) is 1.72. The first-order valence-electron chi connectivity index (χ1n) is 5.63. The molecule has 0 saturated heterocycles. The Balaban J connectivity index is 2.43. The van der Waals surface area contributed by atoms with Crippen molar-refractivity contribution in [2.45, 2.75) is 11.8 Å². The minimum Gasteiger partial charge on any atom is -0.399 e. The highest BCUT2D eigenvalue weighted by molar-refractivity contribution is 7.92. The van der Waals surface area contributed by atoms with E-state index in [2.05, 4.69) is 4.72 Å². The SMILES string of the molecule is Cc1cc(N)cc(S(=O)(=O)Nc2cc(Cl)ccc2F)c1. The molecule has 7 heteroatoms. The van der Waals surface area contributed by atoms with Gasteiger partial charge in [-0.25, -0.2) is 12.8 Å². The van der Waals surface area contributed by atoms with Crippen LogP contribution < -0.4 is 10.5 Å². The lowest BCUT2D eigenvalue weighted by molar-refractivity contribution is 0.598. The Kier molecular flexibility index (Phi) is 3.87. The highest BCUT2D eigenvalue weighted by Crippen LogP contribution is 2.24. The van der Waals surface area contributed by atoms with Crippen LogP contribution in [0.5, 0.6) is 0 Å². The molecule has 0 unspecified atom stereocenters. The largest absolute Gasteiger partial charge is 0.399 e. The van der Waals surface area contributed by atoms with E-state index in [1.54, 1.807) is 13.0 Å². The molecule has 0 aromatic heterocycles. The number of nitrogens with one attached hydrogen (secondary N) is 1. The summed E-state index contributed by atoms with van der Waals surface area (Å²) in [5.41, 5.74) is 6.41. The van der Waals surface area contributed by atoms with Gasteiger partial charge in [-0.3, -0.25) is 4.72 Å². The quantitative estimate of drug-likeness (QED) is 0.855. The van der Waals surface area contributed by atoms with Gasteiger partial charge in [0.25, 0.3) is 10.0 Å². The molecule has 0 atom stereocenters. The van der Waals surface area contributed by atoms with Crippen LogP contribution in [0.1, 0.15) is 5.56 Å². The van der Waals surface area contributed by atoms with Gasteiger partial charge in [0.15, 0.2) is 0 Å². The molecule has 106 valence electrons. The smallest absolute Gasteiger partial charge is 0.262 e. The lowest BCUT2D eigenvalue weighted by atomic mass is 10.2. The summed E-state index contributed by atoms with van der Waals surface area (Å²) in [4.78, 5) is -0.0330. The summed E-state index contributed by atoms with van der Waals surface area (Å²) < 4.78 is 40.1. The molecule has 0 spiro atoms. The number of rotatable bonds is 3. The number of nitrogen functional groups attached to an aromatic ring is 1. The van der Waals surface area contributed by atoms with E-state index >= 15 is 0 Å². The molecule has 0 fully saturated rings. The van der Waals surface area contributed by atoms with Gasteiger partial charge in [-0.05, 0) is 48.9 Å². The average Bonchev–Trinajstić information content (AvgIpc) is 2.32. The van der Waals surface area contributed by atoms with Crippen molar-refractivity contribution in [1.29, 1.82) is 0 Å². The number of halogens is 2. The van der Waals surface area contributed by atoms with Crippen molar-refractivity contribution in [3.63, 3.8) is 0 Å². The van der Waals surface area contributed by atoms with Crippen LogP contribution in [0.4, 0.5) is 15.8 Å². The highest BCUT2D eigenvalue weighted by atomic mass is 35.5. The van der Waals surface area contributed by atoms with E-state index in [-0.39, 0.29) is 15.6 Å². The molecule has 4 nitrogen and oxygen atoms in total. The number of anilines is 2. The molecule has 0 saturated carbocycles. The van der Waals surface area contributed by atoms with Crippen molar-refractivity contribution in [1.82, 2.24) is 0 Å². The maximum absolute atomic E-state index is 13.6. The van der Waals surface area contributed by atoms with Gasteiger partial charge >= 0.3 is 0 Å². The van der Waals surface area contributed by atoms with Gasteiger partial charge < -0.3 is 5.73 Å². The Morgan fingerprint density at radius 3 is 2.55 bits per heavy atom. The summed E-state index contributed by atoms with van der Waals surface area (Å²) >= 11 is 5.72. The monoisotopic (exact) mass is 314 g/mol. The van der Waals surface area contributed by atoms with Crippen molar-refractivity contribution >= 4 is 33.0 Å². The third-order valence-corrected chi connectivity index (χ3v) is 4.14. The molecule has 2 aromatic carbocycles. The molecular weight excluding hydrogens is 303 g/mol. The molecule has 3 N–H and O–H groups in total. The van der Waals surface area contributed by atoms with E-state index in [4.69, 9.17) is 17.3 Å². The fourth-order valence-corrected chi connectivity index (χ4v) is 3.08. The van der Waals surface area contributed by atoms with E-state index in [0.717, 1.165) is 6.07 Å². The molecule has 0 aliphatic heterocycles. The molecule has 0 amide bonds. The first-order chi connectivity index (χ1) is 9.28. The maximum atomic E-state index is 13.6. The maximum Gasteiger partial charge on any atom is 0.262 e. The zero-order valence-electron chi connectivity index (χ0n) is 10.5. The Labute approximate surface area is 121 Å². The topological polar surface area (TPSA) is 72.2 Å². The summed E-state index contributed by atoms with van der Waals surface area (Å²) in [7, 11) is -3.93. The summed E-state index contributed by atoms with van der Waals surface area (Å²) in [6.07, 6.45) is 0. The number of hydrogen-bond donors (Lipinski definition) is 2. The van der Waals surface area contributed by atoms with Gasteiger partial charge in [0.2, 0.25) is 0 Å². The van der Waals surface area contributed by atoms with Crippen molar-refractivity contribution in [3.05, 3.63) is 52.8 Å². The number of nitrogens with two attached hydrogens (primary N) is 1. The first-order valence-corrected chi connectivity index (χ1v) is 7.49. The predicted octanol–water partition coefficient (Wildman–Crippen LogP) is 3.17. The first kappa shape index (κ1) is 14.6. The second-order valence-corrected chi connectivity index (χ2v) is 6.43. The average molecular weight is 315 g/mol. The van der Waals surface area contributed by atoms with Crippen LogP contribution in [0.3, 0.4) is 0 Å². The van der Waals surface area contributed by atoms with Crippen LogP contribution in [0.2, 0.25) is 5.02 Å². The van der Waals surface area contributed by atoms with E-state index in [0.29, 0.717) is 11.3 Å². The molecule has 2 aromatic rings. The van der Waals surface area contributed by atoms with Crippen molar-refractivity contribution in [2.75, 3.05) is 10.5 Å². The molecule has 0 heterocycles. The lowest BCUT2D eigenvalue weighted by Crippen LogP contribution is -2.14. The van der Waals surface area contributed by atoms with Gasteiger partial charge in [-0.1, -0.05) is 11.6 Å². The number of hydrogen-bond acceptors (Lipinski definition) is 3. The standard InChI is InChI=1S/C13H12ClFN2O2S/c1-8-4-10(16)7-11(5-8)20(18,19)17-13-6-9(14)2-3-12(13)15/h2-7,17H,16H2,1H3. The Hall–Kier alpha value is -1.79. The second kappa shape index (κ2) is 5.30. The van der Waals surface area contributed by atoms with Crippen molar-refractivity contribution in [2.24, 2.45) is 0 Å². The van der Waals surface area contributed by atoms with E-state index in [1.165, 1.54) is 24.3 Å². The number of sulfonamides is 1. The van der Waals surface area contributed by atoms with Crippen LogP contribution >= 0.6 is 11.6 Å². The Morgan fingerprint density at radius 1 is 1.20 bits per heavy atom. The molecule has 0 radical (unpaired) electrons. The molecular formula is C13H12ClFN2O2S. The van der Waals surface area contributed by atoms with Gasteiger partial charge in [0.1, 0.15) is 5.82 Å². The fourth-order valence-electron chi connectivity index (χ4n) is 1.71.